The van der Waals surface area contributed by atoms with Gasteiger partial charge < -0.3 is 10.2 Å². The lowest BCUT2D eigenvalue weighted by molar-refractivity contribution is 0.0977. The molecule has 4 aromatic rings. The number of aromatic nitrogens is 5. The molecule has 0 radical (unpaired) electrons. The number of nitrogens with one attached hydrogen (secondary N) is 2. The number of hydrogen-bond donors (Lipinski definition) is 2. The zero-order valence-corrected chi connectivity index (χ0v) is 24.3. The number of carbonyl (C=O) groups is 1. The first-order chi connectivity index (χ1) is 18.8. The van der Waals surface area contributed by atoms with Gasteiger partial charge in [0.15, 0.2) is 5.69 Å². The molecule has 14 heteroatoms. The second-order valence-electron chi connectivity index (χ2n) is 9.94. The van der Waals surface area contributed by atoms with Crippen molar-refractivity contribution in [3.8, 4) is 0 Å². The van der Waals surface area contributed by atoms with Crippen molar-refractivity contribution < 1.29 is 13.2 Å². The summed E-state index contributed by atoms with van der Waals surface area (Å²) >= 11 is 6.01. The highest BCUT2D eigenvalue weighted by molar-refractivity contribution is 7.89. The van der Waals surface area contributed by atoms with Crippen molar-refractivity contribution in [2.24, 2.45) is 7.05 Å². The van der Waals surface area contributed by atoms with E-state index in [2.05, 4.69) is 15.4 Å². The lowest BCUT2D eigenvalue weighted by Gasteiger charge is -2.23. The third kappa shape index (κ3) is 5.26. The Morgan fingerprint density at radius 1 is 1.20 bits per heavy atom. The minimum atomic E-state index is -3.83. The van der Waals surface area contributed by atoms with Gasteiger partial charge in [0, 0.05) is 37.5 Å². The van der Waals surface area contributed by atoms with Crippen LogP contribution in [0.4, 0.5) is 11.6 Å². The molecule has 40 heavy (non-hydrogen) atoms. The maximum atomic E-state index is 13.5. The van der Waals surface area contributed by atoms with Crippen molar-refractivity contribution in [1.82, 2.24) is 29.0 Å². The number of hydrogen-bond acceptors (Lipinski definition) is 9. The van der Waals surface area contributed by atoms with Gasteiger partial charge in [0.25, 0.3) is 11.5 Å². The predicted octanol–water partition coefficient (Wildman–Crippen LogP) is 2.89. The minimum absolute atomic E-state index is 0.0322. The van der Waals surface area contributed by atoms with Crippen LogP contribution in [0.5, 0.6) is 0 Å². The van der Waals surface area contributed by atoms with E-state index in [0.29, 0.717) is 29.9 Å². The molecule has 1 aromatic carbocycles. The molecule has 0 fully saturated rings. The van der Waals surface area contributed by atoms with Gasteiger partial charge in [-0.2, -0.15) is 5.10 Å². The fourth-order valence-corrected chi connectivity index (χ4v) is 5.50. The summed E-state index contributed by atoms with van der Waals surface area (Å²) in [5, 5.41) is 8.35. The van der Waals surface area contributed by atoms with Crippen LogP contribution in [0.25, 0.3) is 10.9 Å². The summed E-state index contributed by atoms with van der Waals surface area (Å²) in [5.41, 5.74) is 4.10. The van der Waals surface area contributed by atoms with E-state index in [-0.39, 0.29) is 22.1 Å². The van der Waals surface area contributed by atoms with E-state index in [0.717, 1.165) is 35.2 Å². The van der Waals surface area contributed by atoms with Gasteiger partial charge in [-0.1, -0.05) is 17.7 Å². The fourth-order valence-electron chi connectivity index (χ4n) is 4.92. The summed E-state index contributed by atoms with van der Waals surface area (Å²) in [6.07, 6.45) is 2.90. The van der Waals surface area contributed by atoms with Crippen LogP contribution < -0.4 is 20.5 Å². The van der Waals surface area contributed by atoms with Crippen LogP contribution in [-0.4, -0.2) is 44.9 Å². The van der Waals surface area contributed by atoms with Crippen molar-refractivity contribution in [2.75, 3.05) is 16.5 Å². The van der Waals surface area contributed by atoms with E-state index >= 15 is 0 Å². The first-order valence-corrected chi connectivity index (χ1v) is 14.9. The molecule has 3 aromatic heterocycles. The summed E-state index contributed by atoms with van der Waals surface area (Å²) in [5.74, 6) is -0.390. The highest BCUT2D eigenvalue weighted by atomic mass is 35.5. The van der Waals surface area contributed by atoms with Crippen LogP contribution in [0, 0.1) is 6.92 Å². The molecule has 1 atom stereocenters. The van der Waals surface area contributed by atoms with Crippen LogP contribution >= 0.6 is 11.6 Å². The summed E-state index contributed by atoms with van der Waals surface area (Å²) in [6.45, 7) is 7.70. The molecule has 12 nitrogen and oxygen atoms in total. The smallest absolute Gasteiger partial charge is 0.285 e. The molecule has 0 aliphatic carbocycles. The van der Waals surface area contributed by atoms with E-state index in [1.807, 2.05) is 53.4 Å². The summed E-state index contributed by atoms with van der Waals surface area (Å²) < 4.78 is 28.7. The number of halogens is 1. The lowest BCUT2D eigenvalue weighted by atomic mass is 10.0. The topological polar surface area (TPSA) is 144 Å². The number of fused-ring (bicyclic) bond motifs is 2. The minimum Gasteiger partial charge on any atom is -0.377 e. The normalized spacial score (nSPS) is 13.9. The average Bonchev–Trinajstić information content (AvgIpc) is 3.45. The lowest BCUT2D eigenvalue weighted by Crippen LogP contribution is -2.31. The monoisotopic (exact) mass is 584 g/mol. The zero-order valence-electron chi connectivity index (χ0n) is 22.7. The largest absolute Gasteiger partial charge is 0.377 e. The molecule has 1 amide bonds. The van der Waals surface area contributed by atoms with E-state index in [9.17, 15) is 18.0 Å². The average molecular weight is 585 g/mol. The Bertz CT molecular complexity index is 1810. The fraction of sp³-hybridized carbons (Fsp3) is 0.346. The van der Waals surface area contributed by atoms with E-state index in [1.54, 1.807) is 17.7 Å². The van der Waals surface area contributed by atoms with Crippen molar-refractivity contribution in [3.63, 3.8) is 0 Å². The molecule has 210 valence electrons. The predicted molar refractivity (Wildman–Crippen MR) is 153 cm³/mol. The van der Waals surface area contributed by atoms with E-state index in [4.69, 9.17) is 16.6 Å². The van der Waals surface area contributed by atoms with E-state index < -0.39 is 22.0 Å². The third-order valence-corrected chi connectivity index (χ3v) is 7.52. The van der Waals surface area contributed by atoms with Crippen LogP contribution in [0.2, 0.25) is 5.15 Å². The molecule has 5 rings (SSSR count). The van der Waals surface area contributed by atoms with Gasteiger partial charge in [-0.05, 0) is 44.5 Å². The van der Waals surface area contributed by atoms with Gasteiger partial charge in [0.2, 0.25) is 16.0 Å². The first kappa shape index (κ1) is 27.6. The van der Waals surface area contributed by atoms with Gasteiger partial charge in [0.1, 0.15) is 5.15 Å². The number of carbonyl (C=O) groups excluding carboxylic acids is 1. The number of nitrogens with zero attached hydrogens (tertiary/aromatic N) is 6. The molecule has 0 spiro atoms. The molecule has 4 heterocycles. The second kappa shape index (κ2) is 10.2. The number of benzene rings is 1. The Labute approximate surface area is 236 Å². The Morgan fingerprint density at radius 3 is 2.62 bits per heavy atom. The standard InChI is InChI=1S/C26H29ClN8O4S/c1-6-35-12-16-11-34(13-20(16)31-35)26-30-22-17(9-14(2)10-18(22)25(37)33(26)4)15(3)28-19-7-8-21(27)29-23(19)24(36)32-40(5,38)39/h7-10,12,15,28H,6,11,13H2,1-5H3,(H,32,36)/t15-/m1/s1. The van der Waals surface area contributed by atoms with Gasteiger partial charge in [-0.15, -0.1) is 0 Å². The summed E-state index contributed by atoms with van der Waals surface area (Å²) in [6, 6.07) is 6.33. The molecule has 0 unspecified atom stereocenters. The molecule has 0 saturated carbocycles. The Morgan fingerprint density at radius 2 is 1.95 bits per heavy atom. The molecular formula is C26H29ClN8O4S. The second-order valence-corrected chi connectivity index (χ2v) is 12.1. The van der Waals surface area contributed by atoms with Crippen LogP contribution in [-0.2, 0) is 36.7 Å². The highest BCUT2D eigenvalue weighted by Gasteiger charge is 2.27. The maximum absolute atomic E-state index is 13.5. The van der Waals surface area contributed by atoms with Crippen molar-refractivity contribution in [1.29, 1.82) is 0 Å². The molecule has 0 bridgehead atoms. The van der Waals surface area contributed by atoms with Crippen LogP contribution in [0.3, 0.4) is 0 Å². The summed E-state index contributed by atoms with van der Waals surface area (Å²) in [7, 11) is -2.11. The number of amides is 1. The van der Waals surface area contributed by atoms with E-state index in [1.165, 1.54) is 6.07 Å². The van der Waals surface area contributed by atoms with Crippen molar-refractivity contribution in [3.05, 3.63) is 74.0 Å². The number of rotatable bonds is 7. The van der Waals surface area contributed by atoms with Gasteiger partial charge >= 0.3 is 0 Å². The highest BCUT2D eigenvalue weighted by Crippen LogP contribution is 2.31. The molecule has 1 aliphatic heterocycles. The number of aryl methyl sites for hydroxylation is 2. The first-order valence-electron chi connectivity index (χ1n) is 12.6. The SMILES string of the molecule is CCn1cc2c(n1)CN(c1nc3c([C@@H](C)Nc4ccc(Cl)nc4C(=O)NS(C)(=O)=O)cc(C)cc3c(=O)n1C)C2. The quantitative estimate of drug-likeness (QED) is 0.313. The Balaban J connectivity index is 1.55. The molecule has 0 saturated heterocycles. The number of sulfonamides is 1. The molecular weight excluding hydrogens is 556 g/mol. The zero-order chi connectivity index (χ0) is 28.9. The van der Waals surface area contributed by atoms with Gasteiger partial charge in [0.05, 0.1) is 41.1 Å². The molecule has 2 N–H and O–H groups in total. The third-order valence-electron chi connectivity index (χ3n) is 6.76. The van der Waals surface area contributed by atoms with Crippen molar-refractivity contribution in [2.45, 2.75) is 46.4 Å². The Kier molecular flexibility index (Phi) is 7.04. The number of anilines is 2. The Hall–Kier alpha value is -3.97. The van der Waals surface area contributed by atoms with Gasteiger partial charge in [-0.3, -0.25) is 18.8 Å². The number of pyridine rings is 1. The molecule has 1 aliphatic rings. The summed E-state index contributed by atoms with van der Waals surface area (Å²) in [4.78, 5) is 37.3. The van der Waals surface area contributed by atoms with Crippen molar-refractivity contribution >= 4 is 50.1 Å². The van der Waals surface area contributed by atoms with Gasteiger partial charge in [-0.25, -0.2) is 23.1 Å². The van der Waals surface area contributed by atoms with Crippen LogP contribution in [0.1, 0.15) is 52.8 Å². The maximum Gasteiger partial charge on any atom is 0.285 e. The van der Waals surface area contributed by atoms with Crippen LogP contribution in [0.15, 0.2) is 35.3 Å².